The maximum Gasteiger partial charge on any atom is 0.0451 e. The maximum atomic E-state index is 3.72. The molecule has 2 aromatic carbocycles. The number of hydrogen-bond acceptors (Lipinski definition) is 2. The highest BCUT2D eigenvalue weighted by Crippen LogP contribution is 2.08. The fraction of sp³-hybridized carbons (Fsp3) is 0. The van der Waals surface area contributed by atoms with Crippen molar-refractivity contribution in [2.75, 3.05) is 0 Å². The smallest absolute Gasteiger partial charge is 0.0451 e. The summed E-state index contributed by atoms with van der Waals surface area (Å²) in [6.45, 7) is 0. The summed E-state index contributed by atoms with van der Waals surface area (Å²) in [4.78, 5) is 7.44. The normalized spacial score (nSPS) is 9.26. The lowest BCUT2D eigenvalue weighted by atomic mass is 10.4. The molecule has 0 unspecified atom stereocenters. The van der Waals surface area contributed by atoms with Gasteiger partial charge in [0.05, 0.1) is 0 Å². The first-order valence-electron chi connectivity index (χ1n) is 6.02. The summed E-state index contributed by atoms with van der Waals surface area (Å²) in [5.74, 6) is 0. The minimum Gasteiger partial charge on any atom is -0.262 e. The second-order valence-corrected chi connectivity index (χ2v) is 5.16. The topological polar surface area (TPSA) is 25.8 Å². The quantitative estimate of drug-likeness (QED) is 0.667. The molecule has 0 saturated heterocycles. The van der Waals surface area contributed by atoms with Gasteiger partial charge in [0, 0.05) is 24.8 Å². The molecule has 3 aromatic rings. The molecule has 0 bridgehead atoms. The van der Waals surface area contributed by atoms with Crippen molar-refractivity contribution in [3.8, 4) is 0 Å². The van der Waals surface area contributed by atoms with Gasteiger partial charge in [-0.1, -0.05) is 69.2 Å². The molecular weight excluding hydrogens is 251 g/mol. The summed E-state index contributed by atoms with van der Waals surface area (Å²) in [5, 5.41) is 2.79. The average Bonchev–Trinajstić information content (AvgIpc) is 2.52. The van der Waals surface area contributed by atoms with Gasteiger partial charge in [0.25, 0.3) is 0 Å². The van der Waals surface area contributed by atoms with E-state index in [0.29, 0.717) is 0 Å². The summed E-state index contributed by atoms with van der Waals surface area (Å²) in [5.41, 5.74) is 0. The second-order valence-electron chi connectivity index (χ2n) is 3.75. The third-order valence-corrected chi connectivity index (χ3v) is 3.56. The van der Waals surface area contributed by atoms with Crippen LogP contribution in [-0.4, -0.2) is 9.97 Å². The lowest BCUT2D eigenvalue weighted by Crippen LogP contribution is -2.01. The van der Waals surface area contributed by atoms with E-state index in [4.69, 9.17) is 0 Å². The van der Waals surface area contributed by atoms with Crippen molar-refractivity contribution >= 4 is 19.2 Å². The van der Waals surface area contributed by atoms with E-state index in [1.165, 1.54) is 10.6 Å². The van der Waals surface area contributed by atoms with Gasteiger partial charge in [-0.3, -0.25) is 9.97 Å². The molecule has 19 heavy (non-hydrogen) atoms. The van der Waals surface area contributed by atoms with Gasteiger partial charge in [-0.25, -0.2) is 0 Å². The minimum absolute atomic E-state index is 0.777. The van der Waals surface area contributed by atoms with Gasteiger partial charge in [-0.2, -0.15) is 0 Å². The van der Waals surface area contributed by atoms with Crippen LogP contribution in [0.4, 0.5) is 0 Å². The minimum atomic E-state index is 0.777. The number of nitrogens with zero attached hydrogens (tertiary/aromatic N) is 2. The van der Waals surface area contributed by atoms with E-state index in [-0.39, 0.29) is 0 Å². The van der Waals surface area contributed by atoms with Crippen molar-refractivity contribution in [3.63, 3.8) is 0 Å². The van der Waals surface area contributed by atoms with Gasteiger partial charge in [-0.05, 0) is 10.6 Å². The summed E-state index contributed by atoms with van der Waals surface area (Å²) >= 11 is 0. The average molecular weight is 266 g/mol. The Hall–Kier alpha value is -2.05. The molecule has 1 aromatic heterocycles. The molecule has 0 amide bonds. The van der Waals surface area contributed by atoms with E-state index < -0.39 is 0 Å². The Morgan fingerprint density at radius 2 is 0.895 bits per heavy atom. The number of rotatable bonds is 2. The Balaban J connectivity index is 0.000000186. The van der Waals surface area contributed by atoms with Crippen LogP contribution in [0.3, 0.4) is 0 Å². The lowest BCUT2D eigenvalue weighted by molar-refractivity contribution is 1.20. The summed E-state index contributed by atoms with van der Waals surface area (Å²) in [6.07, 6.45) is 6.56. The van der Waals surface area contributed by atoms with Crippen molar-refractivity contribution in [2.24, 2.45) is 0 Å². The van der Waals surface area contributed by atoms with Crippen LogP contribution in [0.2, 0.25) is 0 Å². The van der Waals surface area contributed by atoms with Crippen LogP contribution in [0, 0.1) is 0 Å². The Bertz CT molecular complexity index is 492. The molecule has 0 saturated carbocycles. The summed E-state index contributed by atoms with van der Waals surface area (Å²) in [6, 6.07) is 21.2. The van der Waals surface area contributed by atoms with Crippen molar-refractivity contribution in [2.45, 2.75) is 0 Å². The highest BCUT2D eigenvalue weighted by atomic mass is 31.1. The Kier molecular flexibility index (Phi) is 5.72. The number of benzene rings is 2. The van der Waals surface area contributed by atoms with Gasteiger partial charge >= 0.3 is 0 Å². The number of aromatic nitrogens is 2. The van der Waals surface area contributed by atoms with Crippen molar-refractivity contribution in [3.05, 3.63) is 85.5 Å². The standard InChI is InChI=1S/C12H11P.C4H4N2/c1-3-7-11(8-4-1)13-12-9-5-2-6-10-12;1-2-6-4-3-5-1/h1-10,13H;1-4H. The Morgan fingerprint density at radius 3 is 1.21 bits per heavy atom. The van der Waals surface area contributed by atoms with Gasteiger partial charge in [0.1, 0.15) is 0 Å². The van der Waals surface area contributed by atoms with Crippen LogP contribution in [0.5, 0.6) is 0 Å². The molecule has 0 aliphatic heterocycles. The molecule has 0 fully saturated rings. The summed E-state index contributed by atoms with van der Waals surface area (Å²) in [7, 11) is 0.777. The van der Waals surface area contributed by atoms with Crippen LogP contribution in [-0.2, 0) is 0 Å². The molecule has 1 heterocycles. The summed E-state index contributed by atoms with van der Waals surface area (Å²) < 4.78 is 0. The fourth-order valence-electron chi connectivity index (χ4n) is 1.46. The molecule has 3 rings (SSSR count). The van der Waals surface area contributed by atoms with Gasteiger partial charge in [-0.15, -0.1) is 0 Å². The van der Waals surface area contributed by atoms with E-state index in [0.717, 1.165) is 8.58 Å². The monoisotopic (exact) mass is 266 g/mol. The Labute approximate surface area is 115 Å². The lowest BCUT2D eigenvalue weighted by Gasteiger charge is -2.00. The third kappa shape index (κ3) is 5.41. The zero-order valence-electron chi connectivity index (χ0n) is 10.5. The van der Waals surface area contributed by atoms with Crippen LogP contribution < -0.4 is 10.6 Å². The van der Waals surface area contributed by atoms with Crippen LogP contribution in [0.15, 0.2) is 85.5 Å². The van der Waals surface area contributed by atoms with Crippen LogP contribution in [0.25, 0.3) is 0 Å². The highest BCUT2D eigenvalue weighted by molar-refractivity contribution is 7.55. The second kappa shape index (κ2) is 8.12. The fourth-order valence-corrected chi connectivity index (χ4v) is 2.51. The van der Waals surface area contributed by atoms with Crippen LogP contribution >= 0.6 is 8.58 Å². The van der Waals surface area contributed by atoms with Crippen molar-refractivity contribution in [1.82, 2.24) is 9.97 Å². The van der Waals surface area contributed by atoms with E-state index in [9.17, 15) is 0 Å². The molecule has 94 valence electrons. The van der Waals surface area contributed by atoms with Crippen molar-refractivity contribution in [1.29, 1.82) is 0 Å². The molecule has 0 aliphatic rings. The molecule has 0 radical (unpaired) electrons. The molecule has 0 spiro atoms. The molecule has 0 aliphatic carbocycles. The molecule has 3 heteroatoms. The zero-order chi connectivity index (χ0) is 13.2. The van der Waals surface area contributed by atoms with Gasteiger partial charge in [0.2, 0.25) is 0 Å². The molecule has 0 N–H and O–H groups in total. The third-order valence-electron chi connectivity index (χ3n) is 2.31. The SMILES string of the molecule is c1ccc(Pc2ccccc2)cc1.c1cnccn1. The first-order valence-corrected chi connectivity index (χ1v) is 7.02. The van der Waals surface area contributed by atoms with Gasteiger partial charge < -0.3 is 0 Å². The van der Waals surface area contributed by atoms with Crippen molar-refractivity contribution < 1.29 is 0 Å². The van der Waals surface area contributed by atoms with E-state index >= 15 is 0 Å². The largest absolute Gasteiger partial charge is 0.262 e. The predicted molar refractivity (Wildman–Crippen MR) is 82.5 cm³/mol. The first kappa shape index (κ1) is 13.4. The molecule has 0 atom stereocenters. The van der Waals surface area contributed by atoms with Gasteiger partial charge in [0.15, 0.2) is 0 Å². The first-order chi connectivity index (χ1) is 9.45. The highest BCUT2D eigenvalue weighted by Gasteiger charge is 1.92. The maximum absolute atomic E-state index is 3.72. The van der Waals surface area contributed by atoms with E-state index in [2.05, 4.69) is 70.6 Å². The van der Waals surface area contributed by atoms with Crippen LogP contribution in [0.1, 0.15) is 0 Å². The zero-order valence-corrected chi connectivity index (χ0v) is 11.5. The Morgan fingerprint density at radius 1 is 0.526 bits per heavy atom. The molecular formula is C16H15N2P. The molecule has 2 nitrogen and oxygen atoms in total. The predicted octanol–water partition coefficient (Wildman–Crippen LogP) is 2.79. The number of hydrogen-bond donors (Lipinski definition) is 0. The van der Waals surface area contributed by atoms with E-state index in [1.54, 1.807) is 24.8 Å². The van der Waals surface area contributed by atoms with E-state index in [1.807, 2.05) is 0 Å².